The van der Waals surface area contributed by atoms with E-state index >= 15 is 0 Å². The number of nitrogens with one attached hydrogen (secondary N) is 1. The Hall–Kier alpha value is -1.46. The molecule has 0 aliphatic rings. The van der Waals surface area contributed by atoms with Crippen molar-refractivity contribution in [2.45, 2.75) is 33.7 Å². The SMILES string of the molecule is Cc1nc(C)c(C(C)Nc2nc3c(C)cccc3s2)s1. The first-order valence-corrected chi connectivity index (χ1v) is 8.24. The summed E-state index contributed by atoms with van der Waals surface area (Å²) < 4.78 is 1.23. The lowest BCUT2D eigenvalue weighted by Crippen LogP contribution is -2.05. The molecule has 0 bridgehead atoms. The molecule has 0 radical (unpaired) electrons. The molecule has 1 unspecified atom stereocenters. The van der Waals surface area contributed by atoms with Crippen molar-refractivity contribution in [3.8, 4) is 0 Å². The van der Waals surface area contributed by atoms with Gasteiger partial charge in [0.25, 0.3) is 0 Å². The van der Waals surface area contributed by atoms with Gasteiger partial charge in [0.05, 0.1) is 27.0 Å². The average molecular weight is 303 g/mol. The van der Waals surface area contributed by atoms with Crippen LogP contribution < -0.4 is 5.32 Å². The monoisotopic (exact) mass is 303 g/mol. The van der Waals surface area contributed by atoms with E-state index in [4.69, 9.17) is 4.98 Å². The molecule has 1 aromatic carbocycles. The molecule has 0 aliphatic heterocycles. The van der Waals surface area contributed by atoms with E-state index in [-0.39, 0.29) is 6.04 Å². The summed E-state index contributed by atoms with van der Waals surface area (Å²) in [5.41, 5.74) is 3.44. The Morgan fingerprint density at radius 1 is 1.10 bits per heavy atom. The van der Waals surface area contributed by atoms with Crippen molar-refractivity contribution in [1.82, 2.24) is 9.97 Å². The minimum atomic E-state index is 0.238. The second-order valence-electron chi connectivity index (χ2n) is 4.99. The minimum Gasteiger partial charge on any atom is -0.354 e. The van der Waals surface area contributed by atoms with Crippen LogP contribution in [0.4, 0.5) is 5.13 Å². The van der Waals surface area contributed by atoms with Gasteiger partial charge < -0.3 is 5.32 Å². The van der Waals surface area contributed by atoms with Crippen LogP contribution in [-0.2, 0) is 0 Å². The Morgan fingerprint density at radius 2 is 1.90 bits per heavy atom. The van der Waals surface area contributed by atoms with Gasteiger partial charge in [-0.15, -0.1) is 11.3 Å². The first-order chi connectivity index (χ1) is 9.54. The van der Waals surface area contributed by atoms with Crippen molar-refractivity contribution < 1.29 is 0 Å². The molecule has 0 saturated carbocycles. The summed E-state index contributed by atoms with van der Waals surface area (Å²) in [6.07, 6.45) is 0. The lowest BCUT2D eigenvalue weighted by molar-refractivity contribution is 0.887. The summed E-state index contributed by atoms with van der Waals surface area (Å²) in [5.74, 6) is 0. The third-order valence-electron chi connectivity index (χ3n) is 3.29. The van der Waals surface area contributed by atoms with Crippen molar-refractivity contribution in [1.29, 1.82) is 0 Å². The Labute approximate surface area is 126 Å². The zero-order chi connectivity index (χ0) is 14.3. The molecule has 0 aliphatic carbocycles. The van der Waals surface area contributed by atoms with Gasteiger partial charge in [-0.3, -0.25) is 0 Å². The Kier molecular flexibility index (Phi) is 3.48. The fraction of sp³-hybridized carbons (Fsp3) is 0.333. The first kappa shape index (κ1) is 13.5. The predicted octanol–water partition coefficient (Wildman–Crippen LogP) is 4.85. The maximum atomic E-state index is 4.71. The Morgan fingerprint density at radius 3 is 2.55 bits per heavy atom. The van der Waals surface area contributed by atoms with Gasteiger partial charge >= 0.3 is 0 Å². The van der Waals surface area contributed by atoms with Crippen LogP contribution in [0.5, 0.6) is 0 Å². The zero-order valence-electron chi connectivity index (χ0n) is 12.0. The van der Waals surface area contributed by atoms with Crippen LogP contribution in [0.15, 0.2) is 18.2 Å². The molecule has 5 heteroatoms. The van der Waals surface area contributed by atoms with E-state index in [2.05, 4.69) is 56.2 Å². The average Bonchev–Trinajstić information content (AvgIpc) is 2.93. The molecule has 1 N–H and O–H groups in total. The molecule has 104 valence electrons. The molecular weight excluding hydrogens is 286 g/mol. The second kappa shape index (κ2) is 5.14. The summed E-state index contributed by atoms with van der Waals surface area (Å²) in [7, 11) is 0. The fourth-order valence-electron chi connectivity index (χ4n) is 2.35. The largest absolute Gasteiger partial charge is 0.354 e. The second-order valence-corrected chi connectivity index (χ2v) is 7.25. The van der Waals surface area contributed by atoms with Crippen LogP contribution in [0, 0.1) is 20.8 Å². The number of aryl methyl sites for hydroxylation is 3. The molecule has 2 aromatic heterocycles. The van der Waals surface area contributed by atoms with Crippen molar-refractivity contribution >= 4 is 38.0 Å². The van der Waals surface area contributed by atoms with Crippen LogP contribution >= 0.6 is 22.7 Å². The van der Waals surface area contributed by atoms with E-state index < -0.39 is 0 Å². The van der Waals surface area contributed by atoms with Crippen LogP contribution in [0.3, 0.4) is 0 Å². The third-order valence-corrected chi connectivity index (χ3v) is 5.50. The first-order valence-electron chi connectivity index (χ1n) is 6.61. The maximum absolute atomic E-state index is 4.71. The quantitative estimate of drug-likeness (QED) is 0.751. The smallest absolute Gasteiger partial charge is 0.184 e. The number of aromatic nitrogens is 2. The number of fused-ring (bicyclic) bond motifs is 1. The molecule has 3 nitrogen and oxygen atoms in total. The molecular formula is C15H17N3S2. The highest BCUT2D eigenvalue weighted by Gasteiger charge is 2.15. The molecule has 0 fully saturated rings. The highest BCUT2D eigenvalue weighted by Crippen LogP contribution is 2.32. The number of rotatable bonds is 3. The van der Waals surface area contributed by atoms with E-state index in [9.17, 15) is 0 Å². The van der Waals surface area contributed by atoms with E-state index in [1.807, 2.05) is 0 Å². The summed E-state index contributed by atoms with van der Waals surface area (Å²) in [5, 5.41) is 5.60. The van der Waals surface area contributed by atoms with Gasteiger partial charge in [0.1, 0.15) is 0 Å². The fourth-order valence-corrected chi connectivity index (χ4v) is 4.31. The molecule has 20 heavy (non-hydrogen) atoms. The van der Waals surface area contributed by atoms with E-state index in [1.165, 1.54) is 15.1 Å². The van der Waals surface area contributed by atoms with Crippen molar-refractivity contribution in [3.63, 3.8) is 0 Å². The number of thiazole rings is 2. The van der Waals surface area contributed by atoms with Crippen molar-refractivity contribution in [2.75, 3.05) is 5.32 Å². The molecule has 0 saturated heterocycles. The molecule has 3 rings (SSSR count). The number of nitrogens with zero attached hydrogens (tertiary/aromatic N) is 2. The van der Waals surface area contributed by atoms with Crippen LogP contribution in [0.2, 0.25) is 0 Å². The minimum absolute atomic E-state index is 0.238. The maximum Gasteiger partial charge on any atom is 0.184 e. The van der Waals surface area contributed by atoms with E-state index in [1.54, 1.807) is 22.7 Å². The van der Waals surface area contributed by atoms with E-state index in [0.717, 1.165) is 21.3 Å². The highest BCUT2D eigenvalue weighted by atomic mass is 32.1. The molecule has 2 heterocycles. The van der Waals surface area contributed by atoms with Gasteiger partial charge in [-0.05, 0) is 39.3 Å². The number of hydrogen-bond acceptors (Lipinski definition) is 5. The standard InChI is InChI=1S/C15H17N3S2/c1-8-6-5-7-12-13(8)18-15(20-12)17-10(3)14-9(2)16-11(4)19-14/h5-7,10H,1-4H3,(H,17,18). The summed E-state index contributed by atoms with van der Waals surface area (Å²) in [6, 6.07) is 6.55. The summed E-state index contributed by atoms with van der Waals surface area (Å²) in [4.78, 5) is 10.5. The van der Waals surface area contributed by atoms with Gasteiger partial charge in [0.2, 0.25) is 0 Å². The molecule has 1 atom stereocenters. The Bertz CT molecular complexity index is 758. The van der Waals surface area contributed by atoms with Crippen LogP contribution in [0.25, 0.3) is 10.2 Å². The number of hydrogen-bond donors (Lipinski definition) is 1. The normalized spacial score (nSPS) is 12.8. The Balaban J connectivity index is 1.89. The van der Waals surface area contributed by atoms with Gasteiger partial charge in [-0.25, -0.2) is 9.97 Å². The summed E-state index contributed by atoms with van der Waals surface area (Å²) in [6.45, 7) is 8.39. The van der Waals surface area contributed by atoms with Gasteiger partial charge in [0.15, 0.2) is 5.13 Å². The van der Waals surface area contributed by atoms with Gasteiger partial charge in [-0.1, -0.05) is 23.5 Å². The highest BCUT2D eigenvalue weighted by molar-refractivity contribution is 7.22. The van der Waals surface area contributed by atoms with Gasteiger partial charge in [0, 0.05) is 4.88 Å². The third kappa shape index (κ3) is 2.43. The molecule has 0 spiro atoms. The molecule has 0 amide bonds. The number of anilines is 1. The van der Waals surface area contributed by atoms with E-state index in [0.29, 0.717) is 0 Å². The summed E-state index contributed by atoms with van der Waals surface area (Å²) >= 11 is 3.46. The molecule has 3 aromatic rings. The van der Waals surface area contributed by atoms with Gasteiger partial charge in [-0.2, -0.15) is 0 Å². The van der Waals surface area contributed by atoms with Crippen molar-refractivity contribution in [3.05, 3.63) is 39.3 Å². The number of benzene rings is 1. The lowest BCUT2D eigenvalue weighted by Gasteiger charge is -2.11. The van der Waals surface area contributed by atoms with Crippen LogP contribution in [-0.4, -0.2) is 9.97 Å². The predicted molar refractivity (Wildman–Crippen MR) is 88.0 cm³/mol. The number of para-hydroxylation sites is 1. The van der Waals surface area contributed by atoms with Crippen LogP contribution in [0.1, 0.15) is 34.1 Å². The topological polar surface area (TPSA) is 37.8 Å². The van der Waals surface area contributed by atoms with Crippen molar-refractivity contribution in [2.24, 2.45) is 0 Å². The lowest BCUT2D eigenvalue weighted by atomic mass is 10.2. The zero-order valence-corrected chi connectivity index (χ0v) is 13.7.